The van der Waals surface area contributed by atoms with Crippen LogP contribution in [0.15, 0.2) is 12.2 Å². The normalized spacial score (nSPS) is 31.8. The fourth-order valence-electron chi connectivity index (χ4n) is 1.08. The summed E-state index contributed by atoms with van der Waals surface area (Å²) in [6, 6.07) is 0.117. The Balaban J connectivity index is 2.15. The fourth-order valence-corrected chi connectivity index (χ4v) is 1.08. The number of hydrogen-bond donors (Lipinski definition) is 2. The maximum atomic E-state index is 9.28. The molecule has 64 valence electrons. The summed E-state index contributed by atoms with van der Waals surface area (Å²) in [6.07, 6.45) is 3.67. The minimum atomic E-state index is -0.333. The molecule has 0 aliphatic carbocycles. The average molecular weight is 157 g/mol. The van der Waals surface area contributed by atoms with E-state index in [0.29, 0.717) is 13.2 Å². The van der Waals surface area contributed by atoms with Crippen LogP contribution in [0.1, 0.15) is 6.92 Å². The Labute approximate surface area is 67.1 Å². The molecule has 1 saturated heterocycles. The average Bonchev–Trinajstić information content (AvgIpc) is 2.37. The molecule has 2 unspecified atom stereocenters. The first kappa shape index (κ1) is 8.71. The van der Waals surface area contributed by atoms with Crippen LogP contribution >= 0.6 is 0 Å². The standard InChI is InChI=1S/C8H15NO2/c1-2-3-4-9-7-5-11-6-8(7)10/h2-3,7-10H,4-6H2,1H3/b3-2+. The van der Waals surface area contributed by atoms with Crippen LogP contribution in [0.5, 0.6) is 0 Å². The molecule has 1 heterocycles. The second kappa shape index (κ2) is 4.49. The molecule has 2 N–H and O–H groups in total. The number of aliphatic hydroxyl groups is 1. The van der Waals surface area contributed by atoms with Gasteiger partial charge in [-0.05, 0) is 6.92 Å². The lowest BCUT2D eigenvalue weighted by atomic mass is 10.2. The van der Waals surface area contributed by atoms with Crippen LogP contribution in [0, 0.1) is 0 Å². The van der Waals surface area contributed by atoms with Gasteiger partial charge in [0.15, 0.2) is 0 Å². The van der Waals surface area contributed by atoms with Crippen molar-refractivity contribution < 1.29 is 9.84 Å². The Hall–Kier alpha value is -0.380. The van der Waals surface area contributed by atoms with Gasteiger partial charge >= 0.3 is 0 Å². The zero-order valence-corrected chi connectivity index (χ0v) is 6.79. The van der Waals surface area contributed by atoms with E-state index in [1.807, 2.05) is 19.1 Å². The Kier molecular flexibility index (Phi) is 3.56. The van der Waals surface area contributed by atoms with Crippen molar-refractivity contribution in [3.63, 3.8) is 0 Å². The van der Waals surface area contributed by atoms with E-state index in [4.69, 9.17) is 4.74 Å². The third-order valence-electron chi connectivity index (χ3n) is 1.78. The molecule has 0 saturated carbocycles. The maximum absolute atomic E-state index is 9.28. The largest absolute Gasteiger partial charge is 0.389 e. The van der Waals surface area contributed by atoms with Crippen LogP contribution in [-0.2, 0) is 4.74 Å². The summed E-state index contributed by atoms with van der Waals surface area (Å²) in [5.41, 5.74) is 0. The van der Waals surface area contributed by atoms with Crippen molar-refractivity contribution in [3.8, 4) is 0 Å². The van der Waals surface area contributed by atoms with Gasteiger partial charge in [0, 0.05) is 6.54 Å². The molecular formula is C8H15NO2. The Morgan fingerprint density at radius 1 is 1.64 bits per heavy atom. The molecule has 0 amide bonds. The molecule has 0 aromatic rings. The predicted molar refractivity (Wildman–Crippen MR) is 43.4 cm³/mol. The van der Waals surface area contributed by atoms with E-state index in [1.165, 1.54) is 0 Å². The molecule has 11 heavy (non-hydrogen) atoms. The first-order chi connectivity index (χ1) is 5.34. The fraction of sp³-hybridized carbons (Fsp3) is 0.750. The van der Waals surface area contributed by atoms with E-state index in [9.17, 15) is 5.11 Å². The monoisotopic (exact) mass is 157 g/mol. The van der Waals surface area contributed by atoms with Crippen LogP contribution in [0.4, 0.5) is 0 Å². The molecule has 0 aromatic heterocycles. The SMILES string of the molecule is C/C=C/CNC1COCC1O. The van der Waals surface area contributed by atoms with Crippen LogP contribution in [-0.4, -0.2) is 37.0 Å². The minimum absolute atomic E-state index is 0.117. The van der Waals surface area contributed by atoms with E-state index >= 15 is 0 Å². The molecule has 1 rings (SSSR count). The molecule has 0 spiro atoms. The van der Waals surface area contributed by atoms with Gasteiger partial charge in [-0.2, -0.15) is 0 Å². The van der Waals surface area contributed by atoms with Gasteiger partial charge in [-0.25, -0.2) is 0 Å². The van der Waals surface area contributed by atoms with Gasteiger partial charge < -0.3 is 15.2 Å². The van der Waals surface area contributed by atoms with E-state index in [2.05, 4.69) is 5.32 Å². The lowest BCUT2D eigenvalue weighted by Gasteiger charge is -2.12. The third-order valence-corrected chi connectivity index (χ3v) is 1.78. The summed E-state index contributed by atoms with van der Waals surface area (Å²) in [7, 11) is 0. The predicted octanol–water partition coefficient (Wildman–Crippen LogP) is -0.0882. The number of rotatable bonds is 3. The van der Waals surface area contributed by atoms with Gasteiger partial charge in [-0.3, -0.25) is 0 Å². The number of nitrogens with one attached hydrogen (secondary N) is 1. The molecule has 0 bridgehead atoms. The Bertz CT molecular complexity index is 136. The van der Waals surface area contributed by atoms with Crippen LogP contribution < -0.4 is 5.32 Å². The highest BCUT2D eigenvalue weighted by Crippen LogP contribution is 2.03. The highest BCUT2D eigenvalue weighted by Gasteiger charge is 2.24. The zero-order valence-electron chi connectivity index (χ0n) is 6.79. The Morgan fingerprint density at radius 2 is 2.45 bits per heavy atom. The van der Waals surface area contributed by atoms with Crippen molar-refractivity contribution in [2.24, 2.45) is 0 Å². The molecule has 3 nitrogen and oxygen atoms in total. The molecule has 3 heteroatoms. The first-order valence-corrected chi connectivity index (χ1v) is 3.95. The number of aliphatic hydroxyl groups excluding tert-OH is 1. The third kappa shape index (κ3) is 2.61. The molecule has 1 fully saturated rings. The minimum Gasteiger partial charge on any atom is -0.389 e. The molecule has 0 radical (unpaired) electrons. The van der Waals surface area contributed by atoms with Crippen molar-refractivity contribution in [1.82, 2.24) is 5.32 Å². The maximum Gasteiger partial charge on any atom is 0.0948 e. The zero-order chi connectivity index (χ0) is 8.10. The molecular weight excluding hydrogens is 142 g/mol. The van der Waals surface area contributed by atoms with Crippen LogP contribution in [0.2, 0.25) is 0 Å². The topological polar surface area (TPSA) is 41.5 Å². The van der Waals surface area contributed by atoms with Crippen molar-refractivity contribution >= 4 is 0 Å². The van der Waals surface area contributed by atoms with E-state index in [-0.39, 0.29) is 12.1 Å². The molecule has 2 atom stereocenters. The van der Waals surface area contributed by atoms with Gasteiger partial charge in [-0.15, -0.1) is 0 Å². The van der Waals surface area contributed by atoms with Crippen molar-refractivity contribution in [2.75, 3.05) is 19.8 Å². The van der Waals surface area contributed by atoms with Gasteiger partial charge in [-0.1, -0.05) is 12.2 Å². The molecule has 1 aliphatic heterocycles. The molecule has 1 aliphatic rings. The van der Waals surface area contributed by atoms with Crippen molar-refractivity contribution in [3.05, 3.63) is 12.2 Å². The van der Waals surface area contributed by atoms with Crippen molar-refractivity contribution in [1.29, 1.82) is 0 Å². The van der Waals surface area contributed by atoms with Gasteiger partial charge in [0.2, 0.25) is 0 Å². The van der Waals surface area contributed by atoms with E-state index in [0.717, 1.165) is 6.54 Å². The summed E-state index contributed by atoms with van der Waals surface area (Å²) < 4.78 is 5.06. The van der Waals surface area contributed by atoms with Crippen LogP contribution in [0.25, 0.3) is 0 Å². The summed E-state index contributed by atoms with van der Waals surface area (Å²) >= 11 is 0. The Morgan fingerprint density at radius 3 is 3.00 bits per heavy atom. The van der Waals surface area contributed by atoms with E-state index < -0.39 is 0 Å². The molecule has 0 aromatic carbocycles. The summed E-state index contributed by atoms with van der Waals surface area (Å²) in [4.78, 5) is 0. The smallest absolute Gasteiger partial charge is 0.0948 e. The first-order valence-electron chi connectivity index (χ1n) is 3.95. The second-order valence-corrected chi connectivity index (χ2v) is 2.69. The van der Waals surface area contributed by atoms with Crippen molar-refractivity contribution in [2.45, 2.75) is 19.1 Å². The highest BCUT2D eigenvalue weighted by atomic mass is 16.5. The number of allylic oxidation sites excluding steroid dienone is 1. The van der Waals surface area contributed by atoms with E-state index in [1.54, 1.807) is 0 Å². The van der Waals surface area contributed by atoms with Crippen LogP contribution in [0.3, 0.4) is 0 Å². The summed E-state index contributed by atoms with van der Waals surface area (Å²) in [5, 5.41) is 12.4. The number of hydrogen-bond acceptors (Lipinski definition) is 3. The second-order valence-electron chi connectivity index (χ2n) is 2.69. The summed E-state index contributed by atoms with van der Waals surface area (Å²) in [6.45, 7) is 3.87. The van der Waals surface area contributed by atoms with Gasteiger partial charge in [0.05, 0.1) is 25.4 Å². The van der Waals surface area contributed by atoms with Gasteiger partial charge in [0.25, 0.3) is 0 Å². The van der Waals surface area contributed by atoms with Gasteiger partial charge in [0.1, 0.15) is 0 Å². The number of ether oxygens (including phenoxy) is 1. The quantitative estimate of drug-likeness (QED) is 0.563. The summed E-state index contributed by atoms with van der Waals surface area (Å²) in [5.74, 6) is 0. The lowest BCUT2D eigenvalue weighted by molar-refractivity contribution is 0.122. The lowest BCUT2D eigenvalue weighted by Crippen LogP contribution is -2.38. The highest BCUT2D eigenvalue weighted by molar-refractivity contribution is 4.86.